The quantitative estimate of drug-likeness (QED) is 0.672. The Kier molecular flexibility index (Phi) is 4.47. The van der Waals surface area contributed by atoms with Gasteiger partial charge in [-0.15, -0.1) is 0 Å². The van der Waals surface area contributed by atoms with Crippen molar-refractivity contribution in [3.63, 3.8) is 0 Å². The van der Waals surface area contributed by atoms with E-state index in [0.717, 1.165) is 16.2 Å². The first-order chi connectivity index (χ1) is 11.1. The Morgan fingerprint density at radius 1 is 0.913 bits per heavy atom. The summed E-state index contributed by atoms with van der Waals surface area (Å²) in [5.74, 6) is -0.565. The van der Waals surface area contributed by atoms with E-state index in [4.69, 9.17) is 0 Å². The van der Waals surface area contributed by atoms with Crippen LogP contribution in [0.4, 0.5) is 31.9 Å². The molecule has 0 radical (unpaired) electrons. The second-order valence-electron chi connectivity index (χ2n) is 4.65. The molecule has 0 atom stereocenters. The van der Waals surface area contributed by atoms with E-state index in [1.54, 1.807) is 6.07 Å². The van der Waals surface area contributed by atoms with Crippen molar-refractivity contribution in [2.45, 2.75) is 0 Å². The predicted molar refractivity (Wildman–Crippen MR) is 89.1 cm³/mol. The molecule has 0 saturated carbocycles. The Hall–Kier alpha value is -2.54. The highest BCUT2D eigenvalue weighted by Gasteiger charge is 2.06. The fourth-order valence-electron chi connectivity index (χ4n) is 1.88. The van der Waals surface area contributed by atoms with Crippen molar-refractivity contribution in [1.29, 1.82) is 0 Å². The Morgan fingerprint density at radius 2 is 1.70 bits per heavy atom. The summed E-state index contributed by atoms with van der Waals surface area (Å²) in [5.41, 5.74) is 0.956. The lowest BCUT2D eigenvalue weighted by molar-refractivity contribution is 0.586. The Labute approximate surface area is 139 Å². The van der Waals surface area contributed by atoms with Gasteiger partial charge in [0.05, 0.1) is 5.69 Å². The Bertz CT molecular complexity index is 825. The van der Waals surface area contributed by atoms with Gasteiger partial charge < -0.3 is 10.6 Å². The third-order valence-electron chi connectivity index (χ3n) is 2.95. The van der Waals surface area contributed by atoms with Gasteiger partial charge in [-0.2, -0.15) is 4.98 Å². The number of hydrogen-bond acceptors (Lipinski definition) is 4. The predicted octanol–water partition coefficient (Wildman–Crippen LogP) is 5.00. The van der Waals surface area contributed by atoms with E-state index in [0.29, 0.717) is 11.8 Å². The zero-order valence-electron chi connectivity index (χ0n) is 11.7. The fourth-order valence-corrected chi connectivity index (χ4v) is 2.14. The molecule has 1 heterocycles. The number of nitrogens with one attached hydrogen (secondary N) is 2. The summed E-state index contributed by atoms with van der Waals surface area (Å²) in [6, 6.07) is 12.4. The molecule has 0 amide bonds. The second-order valence-corrected chi connectivity index (χ2v) is 5.56. The van der Waals surface area contributed by atoms with Crippen molar-refractivity contribution in [3.05, 3.63) is 70.8 Å². The monoisotopic (exact) mass is 376 g/mol. The SMILES string of the molecule is Fc1ccc(Nc2ccnc(Nc3ccc(Br)cc3)n2)c(F)c1. The van der Waals surface area contributed by atoms with Crippen LogP contribution in [0.2, 0.25) is 0 Å². The minimum absolute atomic E-state index is 0.139. The summed E-state index contributed by atoms with van der Waals surface area (Å²) in [5, 5.41) is 5.84. The summed E-state index contributed by atoms with van der Waals surface area (Å²) >= 11 is 3.36. The smallest absolute Gasteiger partial charge is 0.229 e. The molecular formula is C16H11BrF2N4. The van der Waals surface area contributed by atoms with Gasteiger partial charge in [-0.25, -0.2) is 13.8 Å². The molecule has 2 N–H and O–H groups in total. The molecule has 2 aromatic carbocycles. The molecule has 4 nitrogen and oxygen atoms in total. The molecule has 0 aliphatic heterocycles. The highest BCUT2D eigenvalue weighted by molar-refractivity contribution is 9.10. The number of nitrogens with zero attached hydrogens (tertiary/aromatic N) is 2. The van der Waals surface area contributed by atoms with Crippen LogP contribution in [-0.2, 0) is 0 Å². The van der Waals surface area contributed by atoms with Crippen molar-refractivity contribution in [2.75, 3.05) is 10.6 Å². The van der Waals surface area contributed by atoms with Crippen molar-refractivity contribution in [1.82, 2.24) is 9.97 Å². The topological polar surface area (TPSA) is 49.8 Å². The molecule has 3 aromatic rings. The highest BCUT2D eigenvalue weighted by atomic mass is 79.9. The third kappa shape index (κ3) is 4.01. The average Bonchev–Trinajstić information content (AvgIpc) is 2.53. The van der Waals surface area contributed by atoms with E-state index in [9.17, 15) is 8.78 Å². The molecule has 0 saturated heterocycles. The van der Waals surface area contributed by atoms with Gasteiger partial charge in [0.1, 0.15) is 17.5 Å². The van der Waals surface area contributed by atoms with Crippen LogP contribution in [0.25, 0.3) is 0 Å². The summed E-state index contributed by atoms with van der Waals surface area (Å²) < 4.78 is 27.5. The molecular weight excluding hydrogens is 366 g/mol. The van der Waals surface area contributed by atoms with E-state index in [1.165, 1.54) is 18.3 Å². The van der Waals surface area contributed by atoms with Gasteiger partial charge in [0.15, 0.2) is 0 Å². The normalized spacial score (nSPS) is 10.4. The van der Waals surface area contributed by atoms with Crippen LogP contribution in [0.3, 0.4) is 0 Å². The molecule has 0 fully saturated rings. The molecule has 0 spiro atoms. The molecule has 0 aliphatic carbocycles. The van der Waals surface area contributed by atoms with Crippen molar-refractivity contribution >= 4 is 39.1 Å². The minimum atomic E-state index is -0.689. The van der Waals surface area contributed by atoms with E-state index >= 15 is 0 Å². The van der Waals surface area contributed by atoms with Crippen molar-refractivity contribution in [3.8, 4) is 0 Å². The zero-order chi connectivity index (χ0) is 16.2. The summed E-state index contributed by atoms with van der Waals surface area (Å²) in [7, 11) is 0. The minimum Gasteiger partial charge on any atom is -0.338 e. The Balaban J connectivity index is 1.78. The maximum absolute atomic E-state index is 13.7. The van der Waals surface area contributed by atoms with Gasteiger partial charge in [0, 0.05) is 22.4 Å². The lowest BCUT2D eigenvalue weighted by Gasteiger charge is -2.09. The Morgan fingerprint density at radius 3 is 2.43 bits per heavy atom. The highest BCUT2D eigenvalue weighted by Crippen LogP contribution is 2.21. The van der Waals surface area contributed by atoms with Crippen LogP contribution >= 0.6 is 15.9 Å². The lowest BCUT2D eigenvalue weighted by Crippen LogP contribution is -2.01. The van der Waals surface area contributed by atoms with Crippen LogP contribution in [-0.4, -0.2) is 9.97 Å². The number of rotatable bonds is 4. The number of anilines is 4. The zero-order valence-corrected chi connectivity index (χ0v) is 13.3. The average molecular weight is 377 g/mol. The van der Waals surface area contributed by atoms with Gasteiger partial charge >= 0.3 is 0 Å². The van der Waals surface area contributed by atoms with E-state index in [-0.39, 0.29) is 5.69 Å². The van der Waals surface area contributed by atoms with Gasteiger partial charge in [0.2, 0.25) is 5.95 Å². The van der Waals surface area contributed by atoms with Gasteiger partial charge in [-0.05, 0) is 42.5 Å². The molecule has 1 aromatic heterocycles. The standard InChI is InChI=1S/C16H11BrF2N4/c17-10-1-4-12(5-2-10)21-16-20-8-7-15(23-16)22-14-6-3-11(18)9-13(14)19/h1-9H,(H2,20,21,22,23). The maximum Gasteiger partial charge on any atom is 0.229 e. The summed E-state index contributed by atoms with van der Waals surface area (Å²) in [4.78, 5) is 8.35. The van der Waals surface area contributed by atoms with Crippen LogP contribution in [0.1, 0.15) is 0 Å². The van der Waals surface area contributed by atoms with Gasteiger partial charge in [0.25, 0.3) is 0 Å². The first-order valence-electron chi connectivity index (χ1n) is 6.68. The molecule has 0 bridgehead atoms. The fraction of sp³-hybridized carbons (Fsp3) is 0. The number of halogens is 3. The van der Waals surface area contributed by atoms with Crippen LogP contribution in [0.15, 0.2) is 59.2 Å². The second kappa shape index (κ2) is 6.70. The van der Waals surface area contributed by atoms with Crippen LogP contribution < -0.4 is 10.6 Å². The van der Waals surface area contributed by atoms with Crippen LogP contribution in [0, 0.1) is 11.6 Å². The van der Waals surface area contributed by atoms with E-state index in [1.807, 2.05) is 24.3 Å². The van der Waals surface area contributed by atoms with Crippen molar-refractivity contribution < 1.29 is 8.78 Å². The molecule has 0 aliphatic rings. The van der Waals surface area contributed by atoms with Gasteiger partial charge in [-0.1, -0.05) is 15.9 Å². The lowest BCUT2D eigenvalue weighted by atomic mass is 10.3. The summed E-state index contributed by atoms with van der Waals surface area (Å²) in [6.45, 7) is 0. The summed E-state index contributed by atoms with van der Waals surface area (Å²) in [6.07, 6.45) is 1.54. The molecule has 23 heavy (non-hydrogen) atoms. The molecule has 116 valence electrons. The van der Waals surface area contributed by atoms with Gasteiger partial charge in [-0.3, -0.25) is 0 Å². The number of aromatic nitrogens is 2. The van der Waals surface area contributed by atoms with E-state index < -0.39 is 11.6 Å². The number of benzene rings is 2. The first kappa shape index (κ1) is 15.4. The molecule has 3 rings (SSSR count). The maximum atomic E-state index is 13.7. The third-order valence-corrected chi connectivity index (χ3v) is 3.48. The van der Waals surface area contributed by atoms with Crippen molar-refractivity contribution in [2.24, 2.45) is 0 Å². The number of hydrogen-bond donors (Lipinski definition) is 2. The molecule has 0 unspecified atom stereocenters. The molecule has 7 heteroatoms. The first-order valence-corrected chi connectivity index (χ1v) is 7.47. The largest absolute Gasteiger partial charge is 0.338 e. The van der Waals surface area contributed by atoms with Crippen LogP contribution in [0.5, 0.6) is 0 Å². The van der Waals surface area contributed by atoms with E-state index in [2.05, 4.69) is 36.5 Å².